The summed E-state index contributed by atoms with van der Waals surface area (Å²) in [6.45, 7) is 0.582. The van der Waals surface area contributed by atoms with Crippen LogP contribution in [-0.4, -0.2) is 27.3 Å². The number of fused-ring (bicyclic) bond motifs is 1. The lowest BCUT2D eigenvalue weighted by molar-refractivity contribution is -0.384. The summed E-state index contributed by atoms with van der Waals surface area (Å²) in [5.41, 5.74) is 0.933. The molecule has 26 heavy (non-hydrogen) atoms. The number of nitrogens with zero attached hydrogens (tertiary/aromatic N) is 3. The molecule has 1 fully saturated rings. The minimum atomic E-state index is -0.526. The number of rotatable bonds is 3. The normalized spacial score (nSPS) is 17.0. The van der Waals surface area contributed by atoms with Crippen molar-refractivity contribution in [3.05, 3.63) is 68.2 Å². The molecule has 2 heterocycles. The van der Waals surface area contributed by atoms with Gasteiger partial charge in [-0.3, -0.25) is 14.9 Å². The molecule has 1 atom stereocenters. The second-order valence-electron chi connectivity index (χ2n) is 6.10. The monoisotopic (exact) mass is 387 g/mol. The Bertz CT molecular complexity index is 987. The Kier molecular flexibility index (Phi) is 4.34. The highest BCUT2D eigenvalue weighted by atomic mass is 35.5. The number of hydrogen-bond donors (Lipinski definition) is 0. The summed E-state index contributed by atoms with van der Waals surface area (Å²) in [4.78, 5) is 29.9. The number of non-ortho nitro benzene ring substituents is 1. The number of carbonyl (C=O) groups excluding carboxylic acids is 1. The van der Waals surface area contributed by atoms with E-state index in [1.807, 2.05) is 24.3 Å². The molecule has 1 aromatic heterocycles. The smallest absolute Gasteiger partial charge is 0.270 e. The van der Waals surface area contributed by atoms with Gasteiger partial charge in [-0.15, -0.1) is 11.3 Å². The summed E-state index contributed by atoms with van der Waals surface area (Å²) < 4.78 is 1.08. The zero-order valence-electron chi connectivity index (χ0n) is 13.6. The van der Waals surface area contributed by atoms with Crippen LogP contribution in [0.2, 0.25) is 5.02 Å². The zero-order chi connectivity index (χ0) is 18.3. The molecule has 1 unspecified atom stereocenters. The fraction of sp³-hybridized carbons (Fsp3) is 0.222. The average molecular weight is 388 g/mol. The van der Waals surface area contributed by atoms with Crippen molar-refractivity contribution in [2.75, 3.05) is 6.54 Å². The van der Waals surface area contributed by atoms with E-state index in [4.69, 9.17) is 11.6 Å². The first-order valence-corrected chi connectivity index (χ1v) is 9.34. The molecule has 132 valence electrons. The summed E-state index contributed by atoms with van der Waals surface area (Å²) in [5, 5.41) is 12.1. The van der Waals surface area contributed by atoms with Gasteiger partial charge in [0, 0.05) is 18.7 Å². The first-order valence-electron chi connectivity index (χ1n) is 8.15. The lowest BCUT2D eigenvalue weighted by Gasteiger charge is -2.23. The van der Waals surface area contributed by atoms with Crippen molar-refractivity contribution < 1.29 is 9.72 Å². The number of carbonyl (C=O) groups is 1. The number of hydrogen-bond acceptors (Lipinski definition) is 5. The van der Waals surface area contributed by atoms with E-state index < -0.39 is 4.92 Å². The van der Waals surface area contributed by atoms with Gasteiger partial charge in [-0.05, 0) is 31.0 Å². The van der Waals surface area contributed by atoms with E-state index in [9.17, 15) is 14.9 Å². The van der Waals surface area contributed by atoms with Crippen molar-refractivity contribution in [1.29, 1.82) is 0 Å². The van der Waals surface area contributed by atoms with E-state index in [2.05, 4.69) is 4.98 Å². The SMILES string of the molecule is O=C(c1cc([N+](=O)[O-])ccc1Cl)N1CCCC1c1nc2ccccc2s1. The number of likely N-dealkylation sites (tertiary alicyclic amines) is 1. The Balaban J connectivity index is 1.69. The number of thiazole rings is 1. The van der Waals surface area contributed by atoms with Gasteiger partial charge in [0.05, 0.1) is 31.8 Å². The van der Waals surface area contributed by atoms with E-state index in [0.717, 1.165) is 28.1 Å². The Morgan fingerprint density at radius 2 is 2.12 bits per heavy atom. The van der Waals surface area contributed by atoms with Gasteiger partial charge in [-0.25, -0.2) is 4.98 Å². The maximum absolute atomic E-state index is 13.0. The quantitative estimate of drug-likeness (QED) is 0.476. The standard InChI is InChI=1S/C18H14ClN3O3S/c19-13-8-7-11(22(24)25)10-12(13)18(23)21-9-3-5-15(21)17-20-14-4-1-2-6-16(14)26-17/h1-2,4,6-8,10,15H,3,5,9H2. The molecule has 4 rings (SSSR count). The average Bonchev–Trinajstić information content (AvgIpc) is 3.27. The molecule has 0 N–H and O–H groups in total. The van der Waals surface area contributed by atoms with Crippen LogP contribution in [0.3, 0.4) is 0 Å². The molecule has 0 saturated carbocycles. The zero-order valence-corrected chi connectivity index (χ0v) is 15.2. The highest BCUT2D eigenvalue weighted by molar-refractivity contribution is 7.18. The fourth-order valence-electron chi connectivity index (χ4n) is 3.24. The van der Waals surface area contributed by atoms with E-state index in [1.165, 1.54) is 18.2 Å². The van der Waals surface area contributed by atoms with E-state index in [-0.39, 0.29) is 28.2 Å². The number of para-hydroxylation sites is 1. The molecule has 8 heteroatoms. The lowest BCUT2D eigenvalue weighted by atomic mass is 10.1. The second-order valence-corrected chi connectivity index (χ2v) is 7.57. The van der Waals surface area contributed by atoms with Crippen molar-refractivity contribution in [3.63, 3.8) is 0 Å². The predicted molar refractivity (Wildman–Crippen MR) is 101 cm³/mol. The van der Waals surface area contributed by atoms with Crippen LogP contribution >= 0.6 is 22.9 Å². The van der Waals surface area contributed by atoms with Crippen LogP contribution in [0.4, 0.5) is 5.69 Å². The van der Waals surface area contributed by atoms with E-state index >= 15 is 0 Å². The van der Waals surface area contributed by atoms with E-state index in [1.54, 1.807) is 16.2 Å². The predicted octanol–water partition coefficient (Wildman–Crippen LogP) is 4.84. The second kappa shape index (κ2) is 6.66. The van der Waals surface area contributed by atoms with E-state index in [0.29, 0.717) is 6.54 Å². The fourth-order valence-corrected chi connectivity index (χ4v) is 4.56. The lowest BCUT2D eigenvalue weighted by Crippen LogP contribution is -2.30. The molecule has 3 aromatic rings. The summed E-state index contributed by atoms with van der Waals surface area (Å²) in [7, 11) is 0. The number of benzene rings is 2. The summed E-state index contributed by atoms with van der Waals surface area (Å²) in [5.74, 6) is -0.291. The Hall–Kier alpha value is -2.51. The van der Waals surface area contributed by atoms with Crippen molar-refractivity contribution in [3.8, 4) is 0 Å². The third kappa shape index (κ3) is 2.93. The molecule has 1 amide bonds. The van der Waals surface area contributed by atoms with Gasteiger partial charge in [0.15, 0.2) is 0 Å². The Morgan fingerprint density at radius 3 is 2.88 bits per heavy atom. The van der Waals surface area contributed by atoms with Crippen molar-refractivity contribution in [2.45, 2.75) is 18.9 Å². The third-order valence-electron chi connectivity index (χ3n) is 4.50. The van der Waals surface area contributed by atoms with Crippen molar-refractivity contribution >= 4 is 44.7 Å². The maximum Gasteiger partial charge on any atom is 0.270 e. The molecule has 0 aliphatic carbocycles. The van der Waals surface area contributed by atoms with Crippen LogP contribution in [0.1, 0.15) is 34.2 Å². The van der Waals surface area contributed by atoms with Crippen molar-refractivity contribution in [1.82, 2.24) is 9.88 Å². The Morgan fingerprint density at radius 1 is 1.31 bits per heavy atom. The molecule has 1 saturated heterocycles. The molecular weight excluding hydrogens is 374 g/mol. The molecule has 0 radical (unpaired) electrons. The molecule has 6 nitrogen and oxygen atoms in total. The van der Waals surface area contributed by atoms with Crippen LogP contribution in [0, 0.1) is 10.1 Å². The van der Waals surface area contributed by atoms with Gasteiger partial charge in [0.2, 0.25) is 0 Å². The highest BCUT2D eigenvalue weighted by Crippen LogP contribution is 2.38. The van der Waals surface area contributed by atoms with Gasteiger partial charge in [-0.2, -0.15) is 0 Å². The van der Waals surface area contributed by atoms with Gasteiger partial charge in [0.1, 0.15) is 5.01 Å². The number of amides is 1. The molecular formula is C18H14ClN3O3S. The van der Waals surface area contributed by atoms with Gasteiger partial charge in [-0.1, -0.05) is 23.7 Å². The minimum Gasteiger partial charge on any atom is -0.329 e. The number of halogens is 1. The first kappa shape index (κ1) is 16.9. The highest BCUT2D eigenvalue weighted by Gasteiger charge is 2.34. The summed E-state index contributed by atoms with van der Waals surface area (Å²) in [6, 6.07) is 11.7. The van der Waals surface area contributed by atoms with Gasteiger partial charge >= 0.3 is 0 Å². The van der Waals surface area contributed by atoms with Crippen LogP contribution in [0.25, 0.3) is 10.2 Å². The van der Waals surface area contributed by atoms with Crippen LogP contribution < -0.4 is 0 Å². The number of nitro benzene ring substituents is 1. The number of nitro groups is 1. The molecule has 2 aromatic carbocycles. The number of aromatic nitrogens is 1. The van der Waals surface area contributed by atoms with Gasteiger partial charge in [0.25, 0.3) is 11.6 Å². The largest absolute Gasteiger partial charge is 0.329 e. The summed E-state index contributed by atoms with van der Waals surface area (Å²) in [6.07, 6.45) is 1.68. The van der Waals surface area contributed by atoms with Crippen LogP contribution in [0.15, 0.2) is 42.5 Å². The minimum absolute atomic E-state index is 0.129. The molecule has 1 aliphatic heterocycles. The van der Waals surface area contributed by atoms with Crippen molar-refractivity contribution in [2.24, 2.45) is 0 Å². The Labute approximate surface area is 158 Å². The third-order valence-corrected chi connectivity index (χ3v) is 5.97. The first-order chi connectivity index (χ1) is 12.5. The topological polar surface area (TPSA) is 76.3 Å². The van der Waals surface area contributed by atoms with Gasteiger partial charge < -0.3 is 4.90 Å². The molecule has 1 aliphatic rings. The van der Waals surface area contributed by atoms with Crippen LogP contribution in [-0.2, 0) is 0 Å². The molecule has 0 bridgehead atoms. The summed E-state index contributed by atoms with van der Waals surface area (Å²) >= 11 is 7.73. The molecule has 0 spiro atoms. The maximum atomic E-state index is 13.0. The van der Waals surface area contributed by atoms with Crippen LogP contribution in [0.5, 0.6) is 0 Å².